The van der Waals surface area contributed by atoms with Crippen LogP contribution in [0, 0.1) is 5.92 Å². The third-order valence-electron chi connectivity index (χ3n) is 4.03. The van der Waals surface area contributed by atoms with Crippen molar-refractivity contribution in [3.63, 3.8) is 0 Å². The van der Waals surface area contributed by atoms with Crippen LogP contribution < -0.4 is 11.1 Å². The van der Waals surface area contributed by atoms with Crippen molar-refractivity contribution >= 4 is 11.6 Å². The highest BCUT2D eigenvalue weighted by Crippen LogP contribution is 2.27. The van der Waals surface area contributed by atoms with Crippen LogP contribution in [0.1, 0.15) is 24.0 Å². The van der Waals surface area contributed by atoms with Gasteiger partial charge in [-0.3, -0.25) is 9.69 Å². The number of benzene rings is 1. The van der Waals surface area contributed by atoms with Crippen molar-refractivity contribution in [1.82, 2.24) is 10.2 Å². The topological polar surface area (TPSA) is 58.4 Å². The molecule has 1 aromatic carbocycles. The standard InChI is InChI=1S/C15H21N3O/c16-14-3-1-2-12-9-18(7-6-13(12)14)10-15(19)17-8-11-4-5-11/h1-3,11H,4-10,16H2,(H,17,19). The van der Waals surface area contributed by atoms with Gasteiger partial charge in [-0.15, -0.1) is 0 Å². The molecule has 3 rings (SSSR count). The second-order valence-electron chi connectivity index (χ2n) is 5.69. The van der Waals surface area contributed by atoms with Crippen molar-refractivity contribution in [1.29, 1.82) is 0 Å². The molecule has 0 bridgehead atoms. The van der Waals surface area contributed by atoms with E-state index in [1.165, 1.54) is 24.0 Å². The lowest BCUT2D eigenvalue weighted by Crippen LogP contribution is -2.40. The zero-order chi connectivity index (χ0) is 13.2. The van der Waals surface area contributed by atoms with Gasteiger partial charge in [0.05, 0.1) is 6.54 Å². The lowest BCUT2D eigenvalue weighted by Gasteiger charge is -2.28. The summed E-state index contributed by atoms with van der Waals surface area (Å²) >= 11 is 0. The zero-order valence-corrected chi connectivity index (χ0v) is 11.2. The molecule has 1 aliphatic heterocycles. The summed E-state index contributed by atoms with van der Waals surface area (Å²) in [5, 5.41) is 3.02. The summed E-state index contributed by atoms with van der Waals surface area (Å²) in [7, 11) is 0. The molecule has 1 aromatic rings. The van der Waals surface area contributed by atoms with Gasteiger partial charge in [-0.2, -0.15) is 0 Å². The minimum atomic E-state index is 0.152. The SMILES string of the molecule is Nc1cccc2c1CCN(CC(=O)NCC1CC1)C2. The number of amides is 1. The summed E-state index contributed by atoms with van der Waals surface area (Å²) in [6.45, 7) is 3.10. The van der Waals surface area contributed by atoms with Gasteiger partial charge in [0, 0.05) is 25.3 Å². The molecule has 19 heavy (non-hydrogen) atoms. The fraction of sp³-hybridized carbons (Fsp3) is 0.533. The summed E-state index contributed by atoms with van der Waals surface area (Å²) in [5.74, 6) is 0.894. The number of nitrogens with two attached hydrogens (primary N) is 1. The summed E-state index contributed by atoms with van der Waals surface area (Å²) in [5.41, 5.74) is 9.39. The van der Waals surface area contributed by atoms with Crippen molar-refractivity contribution in [3.8, 4) is 0 Å². The Morgan fingerprint density at radius 2 is 2.26 bits per heavy atom. The van der Waals surface area contributed by atoms with E-state index < -0.39 is 0 Å². The molecule has 0 atom stereocenters. The summed E-state index contributed by atoms with van der Waals surface area (Å²) in [6, 6.07) is 6.06. The van der Waals surface area contributed by atoms with Gasteiger partial charge in [-0.25, -0.2) is 0 Å². The Hall–Kier alpha value is -1.55. The third kappa shape index (κ3) is 3.07. The van der Waals surface area contributed by atoms with E-state index in [0.717, 1.165) is 37.7 Å². The molecule has 0 spiro atoms. The molecule has 1 amide bonds. The molecular weight excluding hydrogens is 238 g/mol. The predicted octanol–water partition coefficient (Wildman–Crippen LogP) is 1.15. The normalized spacial score (nSPS) is 18.9. The lowest BCUT2D eigenvalue weighted by atomic mass is 9.98. The average molecular weight is 259 g/mol. The molecule has 0 radical (unpaired) electrons. The Labute approximate surface area is 114 Å². The van der Waals surface area contributed by atoms with E-state index in [0.29, 0.717) is 6.54 Å². The Balaban J connectivity index is 1.54. The van der Waals surface area contributed by atoms with Crippen molar-refractivity contribution in [3.05, 3.63) is 29.3 Å². The van der Waals surface area contributed by atoms with Gasteiger partial charge in [-0.05, 0) is 42.4 Å². The molecule has 1 fully saturated rings. The third-order valence-corrected chi connectivity index (χ3v) is 4.03. The Morgan fingerprint density at radius 3 is 3.05 bits per heavy atom. The highest BCUT2D eigenvalue weighted by molar-refractivity contribution is 5.78. The van der Waals surface area contributed by atoms with E-state index in [-0.39, 0.29) is 5.91 Å². The number of fused-ring (bicyclic) bond motifs is 1. The molecule has 4 heteroatoms. The van der Waals surface area contributed by atoms with E-state index in [1.807, 2.05) is 12.1 Å². The van der Waals surface area contributed by atoms with Crippen LogP contribution in [0.5, 0.6) is 0 Å². The van der Waals surface area contributed by atoms with Crippen molar-refractivity contribution in [2.45, 2.75) is 25.8 Å². The molecule has 1 heterocycles. The molecule has 0 saturated heterocycles. The molecule has 4 nitrogen and oxygen atoms in total. The molecular formula is C15H21N3O. The van der Waals surface area contributed by atoms with Crippen molar-refractivity contribution in [2.24, 2.45) is 5.92 Å². The van der Waals surface area contributed by atoms with Crippen LogP contribution in [-0.4, -0.2) is 30.4 Å². The number of nitrogens with zero attached hydrogens (tertiary/aromatic N) is 1. The molecule has 0 unspecified atom stereocenters. The number of nitrogens with one attached hydrogen (secondary N) is 1. The highest BCUT2D eigenvalue weighted by Gasteiger charge is 2.23. The van der Waals surface area contributed by atoms with Crippen LogP contribution in [0.25, 0.3) is 0 Å². The maximum absolute atomic E-state index is 11.8. The van der Waals surface area contributed by atoms with Crippen LogP contribution in [-0.2, 0) is 17.8 Å². The number of carbonyl (C=O) groups is 1. The smallest absolute Gasteiger partial charge is 0.234 e. The van der Waals surface area contributed by atoms with E-state index in [2.05, 4.69) is 16.3 Å². The molecule has 3 N–H and O–H groups in total. The Bertz CT molecular complexity index is 482. The Morgan fingerprint density at radius 1 is 1.42 bits per heavy atom. The second kappa shape index (κ2) is 5.21. The first-order valence-corrected chi connectivity index (χ1v) is 7.07. The predicted molar refractivity (Wildman–Crippen MR) is 75.6 cm³/mol. The van der Waals surface area contributed by atoms with Crippen LogP contribution >= 0.6 is 0 Å². The van der Waals surface area contributed by atoms with Crippen LogP contribution in [0.15, 0.2) is 18.2 Å². The van der Waals surface area contributed by atoms with Crippen LogP contribution in [0.3, 0.4) is 0 Å². The fourth-order valence-electron chi connectivity index (χ4n) is 2.67. The minimum absolute atomic E-state index is 0.152. The number of anilines is 1. The van der Waals surface area contributed by atoms with Gasteiger partial charge in [0.1, 0.15) is 0 Å². The molecule has 1 saturated carbocycles. The van der Waals surface area contributed by atoms with E-state index in [1.54, 1.807) is 0 Å². The van der Waals surface area contributed by atoms with Crippen molar-refractivity contribution < 1.29 is 4.79 Å². The summed E-state index contributed by atoms with van der Waals surface area (Å²) < 4.78 is 0. The first-order valence-electron chi connectivity index (χ1n) is 7.07. The number of nitrogen functional groups attached to an aromatic ring is 1. The number of carbonyl (C=O) groups excluding carboxylic acids is 1. The first-order chi connectivity index (χ1) is 9.22. The maximum Gasteiger partial charge on any atom is 0.234 e. The lowest BCUT2D eigenvalue weighted by molar-refractivity contribution is -0.122. The molecule has 102 valence electrons. The molecule has 0 aromatic heterocycles. The van der Waals surface area contributed by atoms with Gasteiger partial charge in [0.25, 0.3) is 0 Å². The van der Waals surface area contributed by atoms with Gasteiger partial charge in [-0.1, -0.05) is 12.1 Å². The van der Waals surface area contributed by atoms with E-state index >= 15 is 0 Å². The van der Waals surface area contributed by atoms with Gasteiger partial charge < -0.3 is 11.1 Å². The first kappa shape index (κ1) is 12.5. The molecule has 1 aliphatic carbocycles. The summed E-state index contributed by atoms with van der Waals surface area (Å²) in [4.78, 5) is 14.0. The van der Waals surface area contributed by atoms with E-state index in [4.69, 9.17) is 5.73 Å². The second-order valence-corrected chi connectivity index (χ2v) is 5.69. The van der Waals surface area contributed by atoms with Crippen LogP contribution in [0.4, 0.5) is 5.69 Å². The fourth-order valence-corrected chi connectivity index (χ4v) is 2.67. The van der Waals surface area contributed by atoms with Gasteiger partial charge >= 0.3 is 0 Å². The van der Waals surface area contributed by atoms with E-state index in [9.17, 15) is 4.79 Å². The summed E-state index contributed by atoms with van der Waals surface area (Å²) in [6.07, 6.45) is 3.49. The average Bonchev–Trinajstić information content (AvgIpc) is 3.20. The molecule has 2 aliphatic rings. The van der Waals surface area contributed by atoms with Gasteiger partial charge in [0.15, 0.2) is 0 Å². The number of rotatable bonds is 4. The van der Waals surface area contributed by atoms with Crippen LogP contribution in [0.2, 0.25) is 0 Å². The Kier molecular flexibility index (Phi) is 3.42. The van der Waals surface area contributed by atoms with Gasteiger partial charge in [0.2, 0.25) is 5.91 Å². The van der Waals surface area contributed by atoms with Crippen molar-refractivity contribution in [2.75, 3.05) is 25.4 Å². The highest BCUT2D eigenvalue weighted by atomic mass is 16.2. The largest absolute Gasteiger partial charge is 0.398 e. The minimum Gasteiger partial charge on any atom is -0.398 e. The maximum atomic E-state index is 11.8. The zero-order valence-electron chi connectivity index (χ0n) is 11.2. The quantitative estimate of drug-likeness (QED) is 0.798. The number of hydrogen-bond donors (Lipinski definition) is 2. The monoisotopic (exact) mass is 259 g/mol. The number of hydrogen-bond acceptors (Lipinski definition) is 3.